The number of fused-ring (bicyclic) bond motifs is 1. The van der Waals surface area contributed by atoms with Crippen LogP contribution in [0.4, 0.5) is 0 Å². The van der Waals surface area contributed by atoms with Gasteiger partial charge in [-0.15, -0.1) is 0 Å². The lowest BCUT2D eigenvalue weighted by molar-refractivity contribution is 0.138. The summed E-state index contributed by atoms with van der Waals surface area (Å²) < 4.78 is 11.1. The number of ether oxygens (including phenoxy) is 2. The first-order valence-corrected chi connectivity index (χ1v) is 8.00. The standard InChI is InChI=1S/C18H19BrO2/c1-18(2)11-14-10-13(6-9-16(14)21-18)17(19)12-4-7-15(20-3)8-5-12/h4-10,17H,11H2,1-3H3. The molecule has 0 radical (unpaired) electrons. The van der Waals surface area contributed by atoms with E-state index in [-0.39, 0.29) is 10.4 Å². The molecule has 21 heavy (non-hydrogen) atoms. The molecule has 1 aliphatic heterocycles. The largest absolute Gasteiger partial charge is 0.497 e. The summed E-state index contributed by atoms with van der Waals surface area (Å²) in [7, 11) is 1.68. The molecule has 0 saturated heterocycles. The van der Waals surface area contributed by atoms with Gasteiger partial charge in [-0.05, 0) is 48.7 Å². The second-order valence-corrected chi connectivity index (χ2v) is 6.96. The summed E-state index contributed by atoms with van der Waals surface area (Å²) in [4.78, 5) is 0.178. The first kappa shape index (κ1) is 14.5. The van der Waals surface area contributed by atoms with Crippen LogP contribution in [-0.4, -0.2) is 12.7 Å². The number of methoxy groups -OCH3 is 1. The highest BCUT2D eigenvalue weighted by molar-refractivity contribution is 9.09. The fourth-order valence-electron chi connectivity index (χ4n) is 2.75. The van der Waals surface area contributed by atoms with E-state index in [9.17, 15) is 0 Å². The molecule has 0 amide bonds. The first-order valence-electron chi connectivity index (χ1n) is 7.08. The van der Waals surface area contributed by atoms with Gasteiger partial charge in [0.2, 0.25) is 0 Å². The monoisotopic (exact) mass is 346 g/mol. The van der Waals surface area contributed by atoms with Crippen LogP contribution in [-0.2, 0) is 6.42 Å². The van der Waals surface area contributed by atoms with Crippen molar-refractivity contribution in [2.75, 3.05) is 7.11 Å². The highest BCUT2D eigenvalue weighted by atomic mass is 79.9. The van der Waals surface area contributed by atoms with Crippen molar-refractivity contribution in [1.82, 2.24) is 0 Å². The number of hydrogen-bond acceptors (Lipinski definition) is 2. The maximum absolute atomic E-state index is 5.93. The number of benzene rings is 2. The maximum atomic E-state index is 5.93. The molecule has 2 aromatic carbocycles. The van der Waals surface area contributed by atoms with Gasteiger partial charge < -0.3 is 9.47 Å². The van der Waals surface area contributed by atoms with Crippen molar-refractivity contribution in [1.29, 1.82) is 0 Å². The minimum absolute atomic E-state index is 0.0944. The summed E-state index contributed by atoms with van der Waals surface area (Å²) in [5.74, 6) is 1.89. The van der Waals surface area contributed by atoms with Gasteiger partial charge in [-0.1, -0.05) is 40.2 Å². The van der Waals surface area contributed by atoms with Gasteiger partial charge in [0, 0.05) is 6.42 Å². The molecule has 0 aliphatic carbocycles. The van der Waals surface area contributed by atoms with Gasteiger partial charge >= 0.3 is 0 Å². The average molecular weight is 347 g/mol. The summed E-state index contributed by atoms with van der Waals surface area (Å²) in [6, 6.07) is 14.6. The highest BCUT2D eigenvalue weighted by Crippen LogP contribution is 2.39. The van der Waals surface area contributed by atoms with Crippen molar-refractivity contribution in [3.05, 3.63) is 59.2 Å². The Morgan fingerprint density at radius 1 is 1.10 bits per heavy atom. The minimum atomic E-state index is -0.0944. The molecule has 0 fully saturated rings. The van der Waals surface area contributed by atoms with E-state index < -0.39 is 0 Å². The van der Waals surface area contributed by atoms with E-state index in [1.807, 2.05) is 12.1 Å². The minimum Gasteiger partial charge on any atom is -0.497 e. The van der Waals surface area contributed by atoms with Gasteiger partial charge in [-0.2, -0.15) is 0 Å². The molecule has 110 valence electrons. The predicted octanol–water partition coefficient (Wildman–Crippen LogP) is 4.89. The second-order valence-electron chi connectivity index (χ2n) is 6.04. The van der Waals surface area contributed by atoms with Crippen molar-refractivity contribution in [3.63, 3.8) is 0 Å². The molecule has 0 aromatic heterocycles. The van der Waals surface area contributed by atoms with Crippen LogP contribution >= 0.6 is 15.9 Å². The molecule has 0 bridgehead atoms. The van der Waals surface area contributed by atoms with Crippen LogP contribution in [0.5, 0.6) is 11.5 Å². The summed E-state index contributed by atoms with van der Waals surface area (Å²) >= 11 is 3.80. The van der Waals surface area contributed by atoms with Crippen molar-refractivity contribution in [2.24, 2.45) is 0 Å². The smallest absolute Gasteiger partial charge is 0.123 e. The van der Waals surface area contributed by atoms with Crippen LogP contribution in [0.1, 0.15) is 35.4 Å². The lowest BCUT2D eigenvalue weighted by Gasteiger charge is -2.16. The fourth-order valence-corrected chi connectivity index (χ4v) is 3.34. The van der Waals surface area contributed by atoms with Crippen LogP contribution in [0.3, 0.4) is 0 Å². The molecule has 3 rings (SSSR count). The molecule has 0 N–H and O–H groups in total. The third kappa shape index (κ3) is 2.93. The lowest BCUT2D eigenvalue weighted by atomic mass is 9.98. The normalized spacial score (nSPS) is 17.0. The SMILES string of the molecule is COc1ccc(C(Br)c2ccc3c(c2)CC(C)(C)O3)cc1. The Morgan fingerprint density at radius 3 is 2.43 bits per heavy atom. The second kappa shape index (κ2) is 5.38. The van der Waals surface area contributed by atoms with E-state index in [0.29, 0.717) is 0 Å². The van der Waals surface area contributed by atoms with Gasteiger partial charge in [0.15, 0.2) is 0 Å². The van der Waals surface area contributed by atoms with Crippen LogP contribution in [0.15, 0.2) is 42.5 Å². The molecule has 3 heteroatoms. The number of hydrogen-bond donors (Lipinski definition) is 0. The van der Waals surface area contributed by atoms with Crippen molar-refractivity contribution < 1.29 is 9.47 Å². The van der Waals surface area contributed by atoms with E-state index in [0.717, 1.165) is 17.9 Å². The summed E-state index contributed by atoms with van der Waals surface area (Å²) in [6.45, 7) is 4.25. The zero-order valence-corrected chi connectivity index (χ0v) is 14.1. The Hall–Kier alpha value is -1.48. The summed E-state index contributed by atoms with van der Waals surface area (Å²) in [6.07, 6.45) is 0.957. The molecule has 1 aliphatic rings. The van der Waals surface area contributed by atoms with Gasteiger partial charge in [-0.3, -0.25) is 0 Å². The zero-order valence-electron chi connectivity index (χ0n) is 12.5. The fraction of sp³-hybridized carbons (Fsp3) is 0.333. The Bertz CT molecular complexity index is 647. The summed E-state index contributed by atoms with van der Waals surface area (Å²) in [5, 5.41) is 0. The van der Waals surface area contributed by atoms with E-state index >= 15 is 0 Å². The molecule has 1 heterocycles. The van der Waals surface area contributed by atoms with Crippen LogP contribution < -0.4 is 9.47 Å². The van der Waals surface area contributed by atoms with Gasteiger partial charge in [0.05, 0.1) is 11.9 Å². The van der Waals surface area contributed by atoms with Gasteiger partial charge in [0.25, 0.3) is 0 Å². The van der Waals surface area contributed by atoms with E-state index in [2.05, 4.69) is 60.1 Å². The molecule has 0 spiro atoms. The average Bonchev–Trinajstić information content (AvgIpc) is 2.79. The maximum Gasteiger partial charge on any atom is 0.123 e. The van der Waals surface area contributed by atoms with Crippen LogP contribution in [0.25, 0.3) is 0 Å². The number of halogens is 1. The molecular formula is C18H19BrO2. The third-order valence-corrected chi connectivity index (χ3v) is 4.85. The quantitative estimate of drug-likeness (QED) is 0.736. The number of alkyl halides is 1. The van der Waals surface area contributed by atoms with Crippen molar-refractivity contribution in [3.8, 4) is 11.5 Å². The lowest BCUT2D eigenvalue weighted by Crippen LogP contribution is -2.24. The molecular weight excluding hydrogens is 328 g/mol. The van der Waals surface area contributed by atoms with Crippen molar-refractivity contribution in [2.45, 2.75) is 30.7 Å². The van der Waals surface area contributed by atoms with Gasteiger partial charge in [-0.25, -0.2) is 0 Å². The van der Waals surface area contributed by atoms with Crippen LogP contribution in [0, 0.1) is 0 Å². The van der Waals surface area contributed by atoms with Crippen molar-refractivity contribution >= 4 is 15.9 Å². The van der Waals surface area contributed by atoms with Crippen LogP contribution in [0.2, 0.25) is 0 Å². The zero-order chi connectivity index (χ0) is 15.0. The highest BCUT2D eigenvalue weighted by Gasteiger charge is 2.30. The van der Waals surface area contributed by atoms with E-state index in [1.54, 1.807) is 7.11 Å². The van der Waals surface area contributed by atoms with E-state index in [4.69, 9.17) is 9.47 Å². The molecule has 2 nitrogen and oxygen atoms in total. The molecule has 1 atom stereocenters. The summed E-state index contributed by atoms with van der Waals surface area (Å²) in [5.41, 5.74) is 3.66. The first-order chi connectivity index (χ1) is 9.98. The molecule has 0 saturated carbocycles. The Balaban J connectivity index is 1.87. The molecule has 1 unspecified atom stereocenters. The Morgan fingerprint density at radius 2 is 1.76 bits per heavy atom. The molecule has 2 aromatic rings. The van der Waals surface area contributed by atoms with E-state index in [1.165, 1.54) is 16.7 Å². The third-order valence-electron chi connectivity index (χ3n) is 3.79. The Kier molecular flexibility index (Phi) is 3.70. The predicted molar refractivity (Wildman–Crippen MR) is 88.6 cm³/mol. The Labute approximate surface area is 134 Å². The number of rotatable bonds is 3. The van der Waals surface area contributed by atoms with Gasteiger partial charge in [0.1, 0.15) is 17.1 Å². The topological polar surface area (TPSA) is 18.5 Å².